The van der Waals surface area contributed by atoms with E-state index in [2.05, 4.69) is 9.97 Å². The van der Waals surface area contributed by atoms with E-state index in [0.717, 1.165) is 0 Å². The van der Waals surface area contributed by atoms with Crippen LogP contribution in [0.1, 0.15) is 17.3 Å². The molecule has 1 aromatic heterocycles. The molecule has 7 heteroatoms. The Labute approximate surface area is 138 Å². The van der Waals surface area contributed by atoms with Crippen LogP contribution in [-0.4, -0.2) is 44.9 Å². The van der Waals surface area contributed by atoms with Crippen LogP contribution in [0, 0.1) is 17.7 Å². The van der Waals surface area contributed by atoms with E-state index in [1.54, 1.807) is 25.4 Å². The van der Waals surface area contributed by atoms with Crippen LogP contribution in [0.2, 0.25) is 0 Å². The van der Waals surface area contributed by atoms with Crippen LogP contribution in [-0.2, 0) is 4.79 Å². The van der Waals surface area contributed by atoms with Gasteiger partial charge in [0.15, 0.2) is 0 Å². The number of aliphatic carboxylic acids is 1. The summed E-state index contributed by atoms with van der Waals surface area (Å²) in [6.07, 6.45) is 4.50. The Morgan fingerprint density at radius 3 is 2.50 bits per heavy atom. The molecule has 0 aliphatic carbocycles. The highest BCUT2D eigenvalue weighted by molar-refractivity contribution is 5.95. The third-order valence-corrected chi connectivity index (χ3v) is 4.31. The van der Waals surface area contributed by atoms with E-state index in [-0.39, 0.29) is 18.0 Å². The quantitative estimate of drug-likeness (QED) is 0.932. The zero-order chi connectivity index (χ0) is 17.3. The van der Waals surface area contributed by atoms with Gasteiger partial charge in [-0.2, -0.15) is 0 Å². The summed E-state index contributed by atoms with van der Waals surface area (Å²) in [5.41, 5.74) is 1.16. The first-order valence-corrected chi connectivity index (χ1v) is 7.54. The molecule has 1 N–H and O–H groups in total. The Balaban J connectivity index is 1.83. The van der Waals surface area contributed by atoms with Gasteiger partial charge in [-0.3, -0.25) is 9.59 Å². The molecule has 1 aliphatic rings. The number of amides is 1. The average molecular weight is 329 g/mol. The molecule has 24 heavy (non-hydrogen) atoms. The highest BCUT2D eigenvalue weighted by Gasteiger charge is 2.37. The molecule has 0 unspecified atom stereocenters. The number of halogens is 1. The molecular weight excluding hydrogens is 313 g/mol. The number of carbonyl (C=O) groups is 2. The molecule has 2 aromatic rings. The number of benzene rings is 1. The van der Waals surface area contributed by atoms with Crippen molar-refractivity contribution >= 4 is 11.9 Å². The van der Waals surface area contributed by atoms with E-state index in [1.807, 2.05) is 0 Å². The van der Waals surface area contributed by atoms with Gasteiger partial charge in [-0.25, -0.2) is 14.4 Å². The molecule has 1 fully saturated rings. The molecule has 0 bridgehead atoms. The van der Waals surface area contributed by atoms with Crippen molar-refractivity contribution in [2.45, 2.75) is 6.92 Å². The number of rotatable bonds is 3. The van der Waals surface area contributed by atoms with Crippen LogP contribution in [0.25, 0.3) is 11.1 Å². The van der Waals surface area contributed by atoms with Crippen molar-refractivity contribution in [1.82, 2.24) is 14.9 Å². The molecule has 0 saturated carbocycles. The van der Waals surface area contributed by atoms with Crippen LogP contribution in [0.4, 0.5) is 4.39 Å². The third kappa shape index (κ3) is 2.97. The van der Waals surface area contributed by atoms with Crippen molar-refractivity contribution in [2.24, 2.45) is 11.8 Å². The van der Waals surface area contributed by atoms with E-state index in [9.17, 15) is 14.0 Å². The van der Waals surface area contributed by atoms with Gasteiger partial charge in [0, 0.05) is 31.0 Å². The van der Waals surface area contributed by atoms with Gasteiger partial charge in [0.05, 0.1) is 11.5 Å². The number of carboxylic acid groups (broad SMARTS) is 1. The van der Waals surface area contributed by atoms with Crippen molar-refractivity contribution in [1.29, 1.82) is 0 Å². The molecule has 2 atom stereocenters. The monoisotopic (exact) mass is 329 g/mol. The molecule has 124 valence electrons. The molecule has 0 spiro atoms. The maximum Gasteiger partial charge on any atom is 0.308 e. The second-order valence-corrected chi connectivity index (χ2v) is 5.95. The van der Waals surface area contributed by atoms with Gasteiger partial charge >= 0.3 is 5.97 Å². The predicted octanol–water partition coefficient (Wildman–Crippen LogP) is 2.08. The Morgan fingerprint density at radius 2 is 1.92 bits per heavy atom. The smallest absolute Gasteiger partial charge is 0.308 e. The molecule has 2 heterocycles. The van der Waals surface area contributed by atoms with Crippen molar-refractivity contribution in [3.63, 3.8) is 0 Å². The van der Waals surface area contributed by atoms with E-state index in [0.29, 0.717) is 17.7 Å². The fraction of sp³-hybridized carbons (Fsp3) is 0.294. The molecular formula is C17H16FN3O3. The number of hydrogen-bond acceptors (Lipinski definition) is 4. The molecule has 1 aromatic carbocycles. The normalized spacial score (nSPS) is 20.2. The Bertz CT molecular complexity index is 782. The first-order valence-electron chi connectivity index (χ1n) is 7.54. The standard InChI is InChI=1S/C17H16FN3O3/c1-10-7-21(8-14(10)17(23)24)16(22)13-3-2-11(4-15(13)18)12-5-19-9-20-6-12/h2-6,9-10,14H,7-8H2,1H3,(H,23,24)/t10-,14-/m1/s1. The summed E-state index contributed by atoms with van der Waals surface area (Å²) in [7, 11) is 0. The first kappa shape index (κ1) is 16.0. The summed E-state index contributed by atoms with van der Waals surface area (Å²) in [6.45, 7) is 2.19. The number of carbonyl (C=O) groups excluding carboxylic acids is 1. The number of hydrogen-bond donors (Lipinski definition) is 1. The van der Waals surface area contributed by atoms with Gasteiger partial charge in [0.25, 0.3) is 5.91 Å². The van der Waals surface area contributed by atoms with Crippen molar-refractivity contribution < 1.29 is 19.1 Å². The summed E-state index contributed by atoms with van der Waals surface area (Å²) in [5, 5.41) is 9.15. The third-order valence-electron chi connectivity index (χ3n) is 4.31. The second kappa shape index (κ2) is 6.35. The van der Waals surface area contributed by atoms with Crippen LogP contribution in [0.15, 0.2) is 36.9 Å². The highest BCUT2D eigenvalue weighted by atomic mass is 19.1. The lowest BCUT2D eigenvalue weighted by Gasteiger charge is -2.16. The van der Waals surface area contributed by atoms with E-state index in [1.165, 1.54) is 23.4 Å². The number of likely N-dealkylation sites (tertiary alicyclic amines) is 1. The van der Waals surface area contributed by atoms with Gasteiger partial charge in [-0.05, 0) is 23.6 Å². The summed E-state index contributed by atoms with van der Waals surface area (Å²) in [4.78, 5) is 32.8. The minimum Gasteiger partial charge on any atom is -0.481 e. The molecule has 6 nitrogen and oxygen atoms in total. The largest absolute Gasteiger partial charge is 0.481 e. The maximum absolute atomic E-state index is 14.4. The lowest BCUT2D eigenvalue weighted by molar-refractivity contribution is -0.142. The van der Waals surface area contributed by atoms with Crippen LogP contribution >= 0.6 is 0 Å². The van der Waals surface area contributed by atoms with E-state index < -0.39 is 23.6 Å². The topological polar surface area (TPSA) is 83.4 Å². The minimum absolute atomic E-state index is 0.0613. The Morgan fingerprint density at radius 1 is 1.21 bits per heavy atom. The molecule has 1 amide bonds. The predicted molar refractivity (Wildman–Crippen MR) is 83.6 cm³/mol. The lowest BCUT2D eigenvalue weighted by atomic mass is 9.99. The van der Waals surface area contributed by atoms with Crippen molar-refractivity contribution in [2.75, 3.05) is 13.1 Å². The second-order valence-electron chi connectivity index (χ2n) is 5.95. The zero-order valence-corrected chi connectivity index (χ0v) is 13.0. The van der Waals surface area contributed by atoms with Gasteiger partial charge < -0.3 is 10.0 Å². The first-order chi connectivity index (χ1) is 11.5. The maximum atomic E-state index is 14.4. The highest BCUT2D eigenvalue weighted by Crippen LogP contribution is 2.26. The van der Waals surface area contributed by atoms with Gasteiger partial charge in [0.2, 0.25) is 0 Å². The van der Waals surface area contributed by atoms with E-state index in [4.69, 9.17) is 5.11 Å². The van der Waals surface area contributed by atoms with Gasteiger partial charge in [-0.15, -0.1) is 0 Å². The summed E-state index contributed by atoms with van der Waals surface area (Å²) in [6, 6.07) is 4.31. The molecule has 1 saturated heterocycles. The summed E-state index contributed by atoms with van der Waals surface area (Å²) >= 11 is 0. The Kier molecular flexibility index (Phi) is 4.24. The lowest BCUT2D eigenvalue weighted by Crippen LogP contribution is -2.30. The fourth-order valence-corrected chi connectivity index (χ4v) is 2.94. The number of nitrogens with zero attached hydrogens (tertiary/aromatic N) is 3. The molecule has 1 aliphatic heterocycles. The molecule has 3 rings (SSSR count). The molecule has 0 radical (unpaired) electrons. The minimum atomic E-state index is -0.933. The average Bonchev–Trinajstić information content (AvgIpc) is 2.97. The van der Waals surface area contributed by atoms with Crippen LogP contribution in [0.3, 0.4) is 0 Å². The van der Waals surface area contributed by atoms with Gasteiger partial charge in [-0.1, -0.05) is 13.0 Å². The van der Waals surface area contributed by atoms with Crippen molar-refractivity contribution in [3.8, 4) is 11.1 Å². The van der Waals surface area contributed by atoms with Gasteiger partial charge in [0.1, 0.15) is 12.1 Å². The summed E-state index contributed by atoms with van der Waals surface area (Å²) in [5.74, 6) is -2.84. The fourth-order valence-electron chi connectivity index (χ4n) is 2.94. The number of carboxylic acids is 1. The summed E-state index contributed by atoms with van der Waals surface area (Å²) < 4.78 is 14.4. The SMILES string of the molecule is C[C@@H]1CN(C(=O)c2ccc(-c3cncnc3)cc2F)C[C@H]1C(=O)O. The number of aromatic nitrogens is 2. The van der Waals surface area contributed by atoms with E-state index >= 15 is 0 Å². The van der Waals surface area contributed by atoms with Crippen LogP contribution in [0.5, 0.6) is 0 Å². The van der Waals surface area contributed by atoms with Crippen molar-refractivity contribution in [3.05, 3.63) is 48.3 Å². The zero-order valence-electron chi connectivity index (χ0n) is 13.0. The Hall–Kier alpha value is -2.83. The van der Waals surface area contributed by atoms with Crippen LogP contribution < -0.4 is 0 Å².